The first-order valence-electron chi connectivity index (χ1n) is 9.50. The van der Waals surface area contributed by atoms with Crippen LogP contribution in [0.25, 0.3) is 5.65 Å². The summed E-state index contributed by atoms with van der Waals surface area (Å²) in [4.78, 5) is 20.3. The molecule has 0 saturated heterocycles. The second-order valence-corrected chi connectivity index (χ2v) is 7.33. The van der Waals surface area contributed by atoms with Crippen molar-refractivity contribution < 1.29 is 11.3 Å². The van der Waals surface area contributed by atoms with Crippen molar-refractivity contribution in [3.8, 4) is 0 Å². The number of rotatable bonds is 4. The fourth-order valence-corrected chi connectivity index (χ4v) is 3.78. The second-order valence-electron chi connectivity index (χ2n) is 7.33. The van der Waals surface area contributed by atoms with Crippen LogP contribution in [0, 0.1) is 0 Å². The molecule has 3 aromatic rings. The van der Waals surface area contributed by atoms with Crippen LogP contribution in [0.2, 0.25) is 0 Å². The predicted octanol–water partition coefficient (Wildman–Crippen LogP) is 2.32. The van der Waals surface area contributed by atoms with Crippen LogP contribution >= 0.6 is 0 Å². The number of aliphatic hydroxyl groups is 1. The first-order valence-corrected chi connectivity index (χ1v) is 9.50. The molecule has 4 heterocycles. The first kappa shape index (κ1) is 16.9. The Hall–Kier alpha value is -3.20. The lowest BCUT2D eigenvalue weighted by Crippen LogP contribution is -2.29. The number of aliphatic hydroxyl groups excluding tert-OH is 1. The van der Waals surface area contributed by atoms with Crippen LogP contribution in [0.3, 0.4) is 0 Å². The molecule has 0 bridgehead atoms. The van der Waals surface area contributed by atoms with E-state index in [1.165, 1.54) is 0 Å². The molecule has 0 spiro atoms. The number of anilines is 4. The average Bonchev–Trinajstić information content (AvgIpc) is 3.26. The third-order valence-corrected chi connectivity index (χ3v) is 5.24. The number of nitrogens with zero attached hydrogens (tertiary/aromatic N) is 4. The van der Waals surface area contributed by atoms with E-state index in [0.717, 1.165) is 48.5 Å². The van der Waals surface area contributed by atoms with Gasteiger partial charge >= 0.3 is 0 Å². The third kappa shape index (κ3) is 3.24. The Morgan fingerprint density at radius 2 is 2.11 bits per heavy atom. The maximum atomic E-state index is 11.5. The molecule has 2 aliphatic rings. The van der Waals surface area contributed by atoms with Gasteiger partial charge in [0, 0.05) is 7.47 Å². The highest BCUT2D eigenvalue weighted by Crippen LogP contribution is 2.26. The monoisotopic (exact) mass is 381 g/mol. The minimum Gasteiger partial charge on any atom is -0.393 e. The van der Waals surface area contributed by atoms with Gasteiger partial charge in [0.2, 0.25) is 11.9 Å². The standard InChI is InChI=1S/C19H21N7O2.H2/c27-13-6-4-11(5-7-13)21-16-2-1-3-17-24-19(25-26(16)17)22-12-8-15-14(20-10-12)9-18(28)23-15;/h1-3,8,10-11,13,21,27H,4-7,9H2,(H,22,25)(H,23,28);1H. The normalized spacial score (nSPS) is 21.4. The van der Waals surface area contributed by atoms with Crippen LogP contribution in [0.1, 0.15) is 32.8 Å². The Labute approximate surface area is 162 Å². The van der Waals surface area contributed by atoms with Crippen molar-refractivity contribution in [3.05, 3.63) is 36.2 Å². The number of fused-ring (bicyclic) bond motifs is 2. The number of nitrogens with one attached hydrogen (secondary N) is 3. The Morgan fingerprint density at radius 3 is 2.96 bits per heavy atom. The van der Waals surface area contributed by atoms with Crippen molar-refractivity contribution in [2.75, 3.05) is 16.0 Å². The summed E-state index contributed by atoms with van der Waals surface area (Å²) in [6, 6.07) is 7.98. The van der Waals surface area contributed by atoms with E-state index in [4.69, 9.17) is 0 Å². The van der Waals surface area contributed by atoms with Crippen molar-refractivity contribution >= 4 is 34.7 Å². The lowest BCUT2D eigenvalue weighted by Gasteiger charge is -2.26. The average molecular weight is 381 g/mol. The van der Waals surface area contributed by atoms with E-state index < -0.39 is 0 Å². The lowest BCUT2D eigenvalue weighted by atomic mass is 9.93. The minimum absolute atomic E-state index is 0. The predicted molar refractivity (Wildman–Crippen MR) is 107 cm³/mol. The zero-order valence-electron chi connectivity index (χ0n) is 15.2. The molecule has 4 N–H and O–H groups in total. The van der Waals surface area contributed by atoms with Crippen molar-refractivity contribution in [2.45, 2.75) is 44.2 Å². The molecule has 9 nitrogen and oxygen atoms in total. The molecule has 1 fully saturated rings. The highest BCUT2D eigenvalue weighted by atomic mass is 16.3. The summed E-state index contributed by atoms with van der Waals surface area (Å²) in [5.74, 6) is 1.29. The van der Waals surface area contributed by atoms with Gasteiger partial charge in [-0.3, -0.25) is 9.78 Å². The third-order valence-electron chi connectivity index (χ3n) is 5.24. The van der Waals surface area contributed by atoms with Crippen molar-refractivity contribution in [3.63, 3.8) is 0 Å². The first-order chi connectivity index (χ1) is 13.6. The van der Waals surface area contributed by atoms with Gasteiger partial charge in [-0.15, -0.1) is 5.10 Å². The maximum Gasteiger partial charge on any atom is 0.247 e. The number of pyridine rings is 2. The summed E-state index contributed by atoms with van der Waals surface area (Å²) in [7, 11) is 0. The molecule has 0 atom stereocenters. The van der Waals surface area contributed by atoms with Gasteiger partial charge < -0.3 is 21.1 Å². The Balaban J connectivity index is 0.00000205. The number of carbonyl (C=O) groups excluding carboxylic acids is 1. The smallest absolute Gasteiger partial charge is 0.247 e. The van der Waals surface area contributed by atoms with Crippen LogP contribution in [0.4, 0.5) is 23.1 Å². The van der Waals surface area contributed by atoms with Gasteiger partial charge in [0.25, 0.3) is 0 Å². The molecule has 0 unspecified atom stereocenters. The molecule has 0 radical (unpaired) electrons. The molecule has 1 amide bonds. The van der Waals surface area contributed by atoms with Gasteiger partial charge in [-0.1, -0.05) is 6.07 Å². The molecule has 1 aliphatic carbocycles. The highest BCUT2D eigenvalue weighted by Gasteiger charge is 2.21. The molecule has 1 aliphatic heterocycles. The van der Waals surface area contributed by atoms with Crippen molar-refractivity contribution in [2.24, 2.45) is 0 Å². The van der Waals surface area contributed by atoms with Crippen molar-refractivity contribution in [1.82, 2.24) is 19.6 Å². The maximum absolute atomic E-state index is 11.5. The molecule has 146 valence electrons. The van der Waals surface area contributed by atoms with E-state index in [0.29, 0.717) is 24.1 Å². The number of hydrogen-bond donors (Lipinski definition) is 4. The van der Waals surface area contributed by atoms with E-state index in [1.54, 1.807) is 10.7 Å². The Morgan fingerprint density at radius 1 is 1.25 bits per heavy atom. The summed E-state index contributed by atoms with van der Waals surface area (Å²) in [6.45, 7) is 0. The van der Waals surface area contributed by atoms with Gasteiger partial charge in [0.05, 0.1) is 35.8 Å². The van der Waals surface area contributed by atoms with Gasteiger partial charge in [0.1, 0.15) is 5.82 Å². The van der Waals surface area contributed by atoms with Gasteiger partial charge in [-0.25, -0.2) is 0 Å². The highest BCUT2D eigenvalue weighted by molar-refractivity contribution is 5.98. The van der Waals surface area contributed by atoms with Crippen LogP contribution in [-0.4, -0.2) is 42.7 Å². The van der Waals surface area contributed by atoms with Gasteiger partial charge in [-0.2, -0.15) is 9.50 Å². The molecule has 9 heteroatoms. The van der Waals surface area contributed by atoms with Crippen LogP contribution in [0.15, 0.2) is 30.5 Å². The fourth-order valence-electron chi connectivity index (χ4n) is 3.78. The number of aromatic nitrogens is 4. The topological polar surface area (TPSA) is 116 Å². The summed E-state index contributed by atoms with van der Waals surface area (Å²) in [6.07, 6.45) is 5.32. The van der Waals surface area contributed by atoms with E-state index in [2.05, 4.69) is 31.0 Å². The molecular weight excluding hydrogens is 358 g/mol. The van der Waals surface area contributed by atoms with Crippen LogP contribution < -0.4 is 16.0 Å². The minimum atomic E-state index is -0.179. The SMILES string of the molecule is O=C1Cc2ncc(Nc3nc4cccc(NC5CCC(O)CC5)n4n3)cc2N1.[HH]. The van der Waals surface area contributed by atoms with E-state index >= 15 is 0 Å². The largest absolute Gasteiger partial charge is 0.393 e. The van der Waals surface area contributed by atoms with Crippen molar-refractivity contribution in [1.29, 1.82) is 0 Å². The number of amides is 1. The van der Waals surface area contributed by atoms with E-state index in [9.17, 15) is 9.90 Å². The molecular formula is C19H23N7O2. The summed E-state index contributed by atoms with van der Waals surface area (Å²) in [5, 5.41) is 23.7. The zero-order valence-corrected chi connectivity index (χ0v) is 15.2. The number of hydrogen-bond acceptors (Lipinski definition) is 7. The molecule has 5 rings (SSSR count). The molecule has 28 heavy (non-hydrogen) atoms. The van der Waals surface area contributed by atoms with Crippen LogP contribution in [-0.2, 0) is 11.2 Å². The van der Waals surface area contributed by atoms with Gasteiger partial charge in [-0.05, 0) is 43.9 Å². The molecule has 0 aromatic carbocycles. The van der Waals surface area contributed by atoms with Gasteiger partial charge in [0.15, 0.2) is 5.65 Å². The summed E-state index contributed by atoms with van der Waals surface area (Å²) in [5.41, 5.74) is 2.92. The second kappa shape index (κ2) is 6.75. The fraction of sp³-hybridized carbons (Fsp3) is 0.368. The molecule has 3 aromatic heterocycles. The van der Waals surface area contributed by atoms with Crippen LogP contribution in [0.5, 0.6) is 0 Å². The lowest BCUT2D eigenvalue weighted by molar-refractivity contribution is -0.115. The number of carbonyl (C=O) groups is 1. The quantitative estimate of drug-likeness (QED) is 0.548. The summed E-state index contributed by atoms with van der Waals surface area (Å²) < 4.78 is 1.77. The summed E-state index contributed by atoms with van der Waals surface area (Å²) >= 11 is 0. The Kier molecular flexibility index (Phi) is 4.09. The van der Waals surface area contributed by atoms with E-state index in [1.807, 2.05) is 24.3 Å². The molecule has 1 saturated carbocycles. The Bertz CT molecular complexity index is 1050. The zero-order chi connectivity index (χ0) is 19.1. The van der Waals surface area contributed by atoms with E-state index in [-0.39, 0.29) is 13.4 Å².